The average Bonchev–Trinajstić information content (AvgIpc) is 2.86. The van der Waals surface area contributed by atoms with Crippen LogP contribution in [0.2, 0.25) is 0 Å². The van der Waals surface area contributed by atoms with E-state index in [9.17, 15) is 0 Å². The minimum absolute atomic E-state index is 0.152. The molecule has 4 aromatic rings. The van der Waals surface area contributed by atoms with E-state index in [1.165, 1.54) is 0 Å². The fraction of sp³-hybridized carbons (Fsp3) is 0.471. The number of hydrogen-bond donors (Lipinski definition) is 0. The molecule has 0 N–H and O–H groups in total. The second-order valence-electron chi connectivity index (χ2n) is 14.1. The van der Waals surface area contributed by atoms with Gasteiger partial charge in [0.2, 0.25) is 23.5 Å². The van der Waals surface area contributed by atoms with E-state index in [2.05, 4.69) is 29.9 Å². The van der Waals surface area contributed by atoms with Gasteiger partial charge in [0.1, 0.15) is 33.9 Å². The molecule has 0 saturated heterocycles. The van der Waals surface area contributed by atoms with Gasteiger partial charge in [0, 0.05) is 12.4 Å². The van der Waals surface area contributed by atoms with Crippen LogP contribution in [0.1, 0.15) is 83.1 Å². The van der Waals surface area contributed by atoms with E-state index in [0.29, 0.717) is 35.0 Å². The van der Waals surface area contributed by atoms with Crippen molar-refractivity contribution in [1.82, 2.24) is 29.9 Å². The minimum atomic E-state index is -0.390. The van der Waals surface area contributed by atoms with E-state index in [-0.39, 0.29) is 34.4 Å². The topological polar surface area (TPSA) is 133 Å². The Labute approximate surface area is 271 Å². The highest BCUT2D eigenvalue weighted by atomic mass is 16.5. The van der Waals surface area contributed by atoms with Crippen LogP contribution >= 0.6 is 0 Å². The summed E-state index contributed by atoms with van der Waals surface area (Å²) >= 11 is 0. The summed E-state index contributed by atoms with van der Waals surface area (Å²) in [6, 6.07) is 10.7. The third kappa shape index (κ3) is 14.4. The Hall–Kier alpha value is -4.74. The van der Waals surface area contributed by atoms with Crippen molar-refractivity contribution in [3.05, 3.63) is 61.2 Å². The summed E-state index contributed by atoms with van der Waals surface area (Å²) < 4.78 is 34.5. The Bertz CT molecular complexity index is 1340. The molecule has 0 aromatic carbocycles. The maximum absolute atomic E-state index is 5.81. The van der Waals surface area contributed by atoms with Crippen LogP contribution in [0.25, 0.3) is 0 Å². The van der Waals surface area contributed by atoms with E-state index in [0.717, 1.165) is 0 Å². The molecular weight excluding hydrogens is 588 g/mol. The van der Waals surface area contributed by atoms with Gasteiger partial charge in [-0.25, -0.2) is 0 Å². The van der Waals surface area contributed by atoms with Gasteiger partial charge in [-0.05, 0) is 107 Å². The molecule has 0 spiro atoms. The van der Waals surface area contributed by atoms with Crippen molar-refractivity contribution in [1.29, 1.82) is 0 Å². The van der Waals surface area contributed by atoms with Gasteiger partial charge in [0.15, 0.2) is 0 Å². The fourth-order valence-electron chi connectivity index (χ4n) is 3.35. The molecule has 0 radical (unpaired) electrons. The maximum atomic E-state index is 5.81. The quantitative estimate of drug-likeness (QED) is 0.186. The van der Waals surface area contributed by atoms with E-state index < -0.39 is 0 Å². The number of rotatable bonds is 8. The SMILES string of the molecule is CC(C)(C)Oc1cc(OC(C)(C)C)nc(Oc2cccnc2)n1.CC(C)(C)Oc1cc(OC(C)(C)C)nc(Oc2cccnc2)n1. The number of hydrogen-bond acceptors (Lipinski definition) is 12. The summed E-state index contributed by atoms with van der Waals surface area (Å²) in [7, 11) is 0. The first-order chi connectivity index (χ1) is 21.2. The van der Waals surface area contributed by atoms with Crippen molar-refractivity contribution >= 4 is 0 Å². The zero-order valence-electron chi connectivity index (χ0n) is 28.9. The predicted molar refractivity (Wildman–Crippen MR) is 174 cm³/mol. The number of pyridine rings is 2. The van der Waals surface area contributed by atoms with Gasteiger partial charge >= 0.3 is 12.0 Å². The zero-order valence-corrected chi connectivity index (χ0v) is 28.9. The lowest BCUT2D eigenvalue weighted by Gasteiger charge is -2.23. The Kier molecular flexibility index (Phi) is 11.3. The molecule has 4 heterocycles. The lowest BCUT2D eigenvalue weighted by atomic mass is 10.2. The van der Waals surface area contributed by atoms with Crippen LogP contribution in [0, 0.1) is 0 Å². The minimum Gasteiger partial charge on any atom is -0.472 e. The van der Waals surface area contributed by atoms with Crippen LogP contribution < -0.4 is 28.4 Å². The van der Waals surface area contributed by atoms with Crippen LogP contribution in [0.5, 0.6) is 47.0 Å². The van der Waals surface area contributed by atoms with Gasteiger partial charge < -0.3 is 28.4 Å². The van der Waals surface area contributed by atoms with E-state index in [1.807, 2.05) is 83.1 Å². The van der Waals surface area contributed by atoms with E-state index in [1.54, 1.807) is 61.2 Å². The van der Waals surface area contributed by atoms with Crippen LogP contribution in [0.4, 0.5) is 0 Å². The molecule has 0 fully saturated rings. The smallest absolute Gasteiger partial charge is 0.328 e. The predicted octanol–water partition coefficient (Wildman–Crippen LogP) is 8.04. The van der Waals surface area contributed by atoms with Crippen LogP contribution in [0.3, 0.4) is 0 Å². The summed E-state index contributed by atoms with van der Waals surface area (Å²) in [4.78, 5) is 25.1. The van der Waals surface area contributed by atoms with Gasteiger partial charge in [0.25, 0.3) is 0 Å². The summed E-state index contributed by atoms with van der Waals surface area (Å²) in [5, 5.41) is 0. The Morgan fingerprint density at radius 1 is 0.435 bits per heavy atom. The zero-order chi connectivity index (χ0) is 34.2. The second kappa shape index (κ2) is 14.6. The molecule has 12 heteroatoms. The molecule has 12 nitrogen and oxygen atoms in total. The van der Waals surface area contributed by atoms with Gasteiger partial charge in [-0.1, -0.05) is 0 Å². The molecule has 0 amide bonds. The lowest BCUT2D eigenvalue weighted by Crippen LogP contribution is -2.25. The standard InChI is InChI=1S/2C17H23N3O3/c2*1-16(2,3)22-13-10-14(23-17(4,5)6)20-15(19-13)21-12-8-7-9-18-11-12/h2*7-11H,1-6H3. The summed E-state index contributed by atoms with van der Waals surface area (Å²) in [6.45, 7) is 23.3. The molecule has 0 aliphatic carbocycles. The summed E-state index contributed by atoms with van der Waals surface area (Å²) in [5.74, 6) is 2.66. The van der Waals surface area contributed by atoms with Gasteiger partial charge in [-0.2, -0.15) is 19.9 Å². The molecule has 0 atom stereocenters. The third-order valence-corrected chi connectivity index (χ3v) is 4.65. The van der Waals surface area contributed by atoms with E-state index in [4.69, 9.17) is 28.4 Å². The largest absolute Gasteiger partial charge is 0.472 e. The lowest BCUT2D eigenvalue weighted by molar-refractivity contribution is 0.109. The maximum Gasteiger partial charge on any atom is 0.328 e. The highest BCUT2D eigenvalue weighted by Gasteiger charge is 2.21. The molecule has 4 rings (SSSR count). The van der Waals surface area contributed by atoms with E-state index >= 15 is 0 Å². The number of ether oxygens (including phenoxy) is 6. The summed E-state index contributed by atoms with van der Waals surface area (Å²) in [5.41, 5.74) is -1.56. The highest BCUT2D eigenvalue weighted by Crippen LogP contribution is 2.29. The average molecular weight is 635 g/mol. The van der Waals surface area contributed by atoms with Crippen LogP contribution in [-0.2, 0) is 0 Å². The highest BCUT2D eigenvalue weighted by molar-refractivity contribution is 5.28. The molecule has 0 unspecified atom stereocenters. The van der Waals surface area contributed by atoms with Crippen molar-refractivity contribution in [2.45, 2.75) is 105 Å². The molecular formula is C34H46N6O6. The second-order valence-corrected chi connectivity index (χ2v) is 14.1. The van der Waals surface area contributed by atoms with Gasteiger partial charge in [0.05, 0.1) is 24.5 Å². The van der Waals surface area contributed by atoms with Crippen molar-refractivity contribution < 1.29 is 28.4 Å². The van der Waals surface area contributed by atoms with Gasteiger partial charge in [-0.15, -0.1) is 0 Å². The summed E-state index contributed by atoms with van der Waals surface area (Å²) in [6.07, 6.45) is 6.51. The van der Waals surface area contributed by atoms with Crippen molar-refractivity contribution in [3.8, 4) is 47.0 Å². The third-order valence-electron chi connectivity index (χ3n) is 4.65. The fourth-order valence-corrected chi connectivity index (χ4v) is 3.35. The van der Waals surface area contributed by atoms with Crippen molar-refractivity contribution in [3.63, 3.8) is 0 Å². The molecule has 0 saturated carbocycles. The number of nitrogens with zero attached hydrogens (tertiary/aromatic N) is 6. The number of aromatic nitrogens is 6. The Morgan fingerprint density at radius 2 is 0.717 bits per heavy atom. The molecule has 46 heavy (non-hydrogen) atoms. The Balaban J connectivity index is 0.000000250. The normalized spacial score (nSPS) is 11.9. The molecule has 0 aliphatic heterocycles. The molecule has 248 valence electrons. The van der Waals surface area contributed by atoms with Crippen molar-refractivity contribution in [2.24, 2.45) is 0 Å². The van der Waals surface area contributed by atoms with Crippen LogP contribution in [-0.4, -0.2) is 52.3 Å². The first-order valence-electron chi connectivity index (χ1n) is 14.9. The van der Waals surface area contributed by atoms with Crippen molar-refractivity contribution in [2.75, 3.05) is 0 Å². The van der Waals surface area contributed by atoms with Gasteiger partial charge in [-0.3, -0.25) is 9.97 Å². The monoisotopic (exact) mass is 634 g/mol. The molecule has 0 bridgehead atoms. The molecule has 4 aromatic heterocycles. The Morgan fingerprint density at radius 3 is 0.935 bits per heavy atom. The first kappa shape index (κ1) is 35.7. The molecule has 0 aliphatic rings. The first-order valence-corrected chi connectivity index (χ1v) is 14.9. The van der Waals surface area contributed by atoms with Crippen LogP contribution in [0.15, 0.2) is 61.2 Å².